The SMILES string of the molecule is C=C(C(=O)OC)C(O)C(O)CO. The second kappa shape index (κ2) is 4.87. The summed E-state index contributed by atoms with van der Waals surface area (Å²) in [6.07, 6.45) is -2.89. The molecule has 0 saturated heterocycles. The van der Waals surface area contributed by atoms with Crippen LogP contribution in [0.1, 0.15) is 0 Å². The average Bonchev–Trinajstić information content (AvgIpc) is 2.12. The maximum Gasteiger partial charge on any atom is 0.335 e. The first kappa shape index (κ1) is 11.1. The Morgan fingerprint density at radius 1 is 1.58 bits per heavy atom. The minimum atomic E-state index is -1.48. The zero-order valence-electron chi connectivity index (χ0n) is 6.73. The fraction of sp³-hybridized carbons (Fsp3) is 0.571. The molecule has 2 unspecified atom stereocenters. The van der Waals surface area contributed by atoms with Crippen LogP contribution in [0.5, 0.6) is 0 Å². The second-order valence-corrected chi connectivity index (χ2v) is 2.21. The number of methoxy groups -OCH3 is 1. The van der Waals surface area contributed by atoms with Gasteiger partial charge in [-0.3, -0.25) is 0 Å². The zero-order valence-corrected chi connectivity index (χ0v) is 6.73. The van der Waals surface area contributed by atoms with Crippen LogP contribution < -0.4 is 0 Å². The predicted octanol–water partition coefficient (Wildman–Crippen LogP) is -1.57. The number of aliphatic hydroxyl groups excluding tert-OH is 3. The highest BCUT2D eigenvalue weighted by atomic mass is 16.5. The molecular weight excluding hydrogens is 164 g/mol. The highest BCUT2D eigenvalue weighted by molar-refractivity contribution is 5.88. The van der Waals surface area contributed by atoms with E-state index in [1.165, 1.54) is 0 Å². The van der Waals surface area contributed by atoms with Gasteiger partial charge in [-0.1, -0.05) is 6.58 Å². The van der Waals surface area contributed by atoms with E-state index in [0.29, 0.717) is 0 Å². The number of ether oxygens (including phenoxy) is 1. The van der Waals surface area contributed by atoms with E-state index in [0.717, 1.165) is 7.11 Å². The summed E-state index contributed by atoms with van der Waals surface area (Å²) in [4.78, 5) is 10.7. The molecule has 2 atom stereocenters. The van der Waals surface area contributed by atoms with Gasteiger partial charge in [0.15, 0.2) is 0 Å². The Hall–Kier alpha value is -0.910. The fourth-order valence-electron chi connectivity index (χ4n) is 0.584. The van der Waals surface area contributed by atoms with E-state index in [1.807, 2.05) is 0 Å². The van der Waals surface area contributed by atoms with Crippen molar-refractivity contribution < 1.29 is 24.9 Å². The Morgan fingerprint density at radius 3 is 2.42 bits per heavy atom. The third-order valence-corrected chi connectivity index (χ3v) is 1.36. The lowest BCUT2D eigenvalue weighted by Gasteiger charge is -2.15. The summed E-state index contributed by atoms with van der Waals surface area (Å²) in [5.41, 5.74) is -0.279. The standard InChI is InChI=1S/C7H12O5/c1-4(7(11)12-2)6(10)5(9)3-8/h5-6,8-10H,1,3H2,2H3. The van der Waals surface area contributed by atoms with Gasteiger partial charge in [-0.25, -0.2) is 4.79 Å². The van der Waals surface area contributed by atoms with Crippen molar-refractivity contribution in [1.29, 1.82) is 0 Å². The average molecular weight is 176 g/mol. The molecule has 0 rings (SSSR count). The molecule has 0 amide bonds. The van der Waals surface area contributed by atoms with Gasteiger partial charge >= 0.3 is 5.97 Å². The molecule has 0 heterocycles. The molecule has 0 aliphatic heterocycles. The number of hydrogen-bond acceptors (Lipinski definition) is 5. The quantitative estimate of drug-likeness (QED) is 0.356. The van der Waals surface area contributed by atoms with Crippen molar-refractivity contribution in [2.45, 2.75) is 12.2 Å². The van der Waals surface area contributed by atoms with Crippen LogP contribution >= 0.6 is 0 Å². The van der Waals surface area contributed by atoms with Crippen molar-refractivity contribution in [3.05, 3.63) is 12.2 Å². The lowest BCUT2D eigenvalue weighted by molar-refractivity contribution is -0.138. The number of aliphatic hydroxyl groups is 3. The Bertz CT molecular complexity index is 177. The van der Waals surface area contributed by atoms with E-state index in [-0.39, 0.29) is 5.57 Å². The van der Waals surface area contributed by atoms with Crippen LogP contribution in [0.15, 0.2) is 12.2 Å². The Kier molecular flexibility index (Phi) is 4.50. The monoisotopic (exact) mass is 176 g/mol. The van der Waals surface area contributed by atoms with Crippen molar-refractivity contribution in [2.24, 2.45) is 0 Å². The molecule has 0 aromatic rings. The predicted molar refractivity (Wildman–Crippen MR) is 40.3 cm³/mol. The van der Waals surface area contributed by atoms with Gasteiger partial charge in [-0.15, -0.1) is 0 Å². The molecule has 0 fully saturated rings. The second-order valence-electron chi connectivity index (χ2n) is 2.21. The molecule has 0 spiro atoms. The third-order valence-electron chi connectivity index (χ3n) is 1.36. The molecule has 0 radical (unpaired) electrons. The minimum absolute atomic E-state index is 0.279. The molecule has 5 heteroatoms. The molecule has 3 N–H and O–H groups in total. The first-order valence-electron chi connectivity index (χ1n) is 3.28. The number of esters is 1. The topological polar surface area (TPSA) is 87.0 Å². The maximum atomic E-state index is 10.7. The lowest BCUT2D eigenvalue weighted by Crippen LogP contribution is -2.33. The summed E-state index contributed by atoms with van der Waals surface area (Å²) < 4.78 is 4.24. The number of carbonyl (C=O) groups excluding carboxylic acids is 1. The molecule has 0 aromatic heterocycles. The molecule has 0 aliphatic rings. The first-order valence-corrected chi connectivity index (χ1v) is 3.28. The van der Waals surface area contributed by atoms with Crippen molar-refractivity contribution in [3.63, 3.8) is 0 Å². The van der Waals surface area contributed by atoms with Crippen LogP contribution in [-0.4, -0.2) is 47.2 Å². The maximum absolute atomic E-state index is 10.7. The Labute approximate surface area is 69.9 Å². The van der Waals surface area contributed by atoms with E-state index < -0.39 is 24.8 Å². The van der Waals surface area contributed by atoms with Gasteiger partial charge in [0.1, 0.15) is 12.2 Å². The van der Waals surface area contributed by atoms with Gasteiger partial charge in [0.2, 0.25) is 0 Å². The van der Waals surface area contributed by atoms with Gasteiger partial charge in [-0.2, -0.15) is 0 Å². The number of rotatable bonds is 4. The van der Waals surface area contributed by atoms with E-state index in [4.69, 9.17) is 15.3 Å². The highest BCUT2D eigenvalue weighted by Crippen LogP contribution is 2.05. The minimum Gasteiger partial charge on any atom is -0.466 e. The van der Waals surface area contributed by atoms with Crippen LogP contribution in [0.2, 0.25) is 0 Å². The fourth-order valence-corrected chi connectivity index (χ4v) is 0.584. The van der Waals surface area contributed by atoms with Gasteiger partial charge in [0, 0.05) is 0 Å². The lowest BCUT2D eigenvalue weighted by atomic mass is 10.1. The highest BCUT2D eigenvalue weighted by Gasteiger charge is 2.23. The third kappa shape index (κ3) is 2.61. The van der Waals surface area contributed by atoms with Crippen molar-refractivity contribution >= 4 is 5.97 Å². The van der Waals surface area contributed by atoms with E-state index >= 15 is 0 Å². The van der Waals surface area contributed by atoms with Crippen LogP contribution in [0.4, 0.5) is 0 Å². The van der Waals surface area contributed by atoms with Gasteiger partial charge in [0.05, 0.1) is 19.3 Å². The first-order chi connectivity index (χ1) is 5.54. The molecule has 0 bridgehead atoms. The molecule has 0 aromatic carbocycles. The number of hydrogen-bond donors (Lipinski definition) is 3. The molecule has 70 valence electrons. The van der Waals surface area contributed by atoms with E-state index in [1.54, 1.807) is 0 Å². The van der Waals surface area contributed by atoms with Crippen LogP contribution in [0.3, 0.4) is 0 Å². The normalized spacial score (nSPS) is 15.0. The summed E-state index contributed by atoms with van der Waals surface area (Å²) in [5.74, 6) is -0.810. The van der Waals surface area contributed by atoms with E-state index in [2.05, 4.69) is 11.3 Å². The Balaban J connectivity index is 4.19. The van der Waals surface area contributed by atoms with Gasteiger partial charge < -0.3 is 20.1 Å². The molecule has 0 saturated carbocycles. The summed E-state index contributed by atoms with van der Waals surface area (Å²) in [6.45, 7) is 2.56. The van der Waals surface area contributed by atoms with Crippen LogP contribution in [0.25, 0.3) is 0 Å². The molecule has 5 nitrogen and oxygen atoms in total. The van der Waals surface area contributed by atoms with E-state index in [9.17, 15) is 4.79 Å². The van der Waals surface area contributed by atoms with Crippen molar-refractivity contribution in [3.8, 4) is 0 Å². The zero-order chi connectivity index (χ0) is 9.72. The van der Waals surface area contributed by atoms with Crippen molar-refractivity contribution in [2.75, 3.05) is 13.7 Å². The molecule has 12 heavy (non-hydrogen) atoms. The smallest absolute Gasteiger partial charge is 0.335 e. The molecular formula is C7H12O5. The largest absolute Gasteiger partial charge is 0.466 e. The molecule has 0 aliphatic carbocycles. The van der Waals surface area contributed by atoms with Gasteiger partial charge in [-0.05, 0) is 0 Å². The van der Waals surface area contributed by atoms with Crippen molar-refractivity contribution in [1.82, 2.24) is 0 Å². The van der Waals surface area contributed by atoms with Crippen LogP contribution in [0, 0.1) is 0 Å². The van der Waals surface area contributed by atoms with Gasteiger partial charge in [0.25, 0.3) is 0 Å². The summed E-state index contributed by atoms with van der Waals surface area (Å²) in [7, 11) is 1.13. The summed E-state index contributed by atoms with van der Waals surface area (Å²) in [5, 5.41) is 26.4. The summed E-state index contributed by atoms with van der Waals surface area (Å²) >= 11 is 0. The number of carbonyl (C=O) groups is 1. The summed E-state index contributed by atoms with van der Waals surface area (Å²) in [6, 6.07) is 0. The Morgan fingerprint density at radius 2 is 2.08 bits per heavy atom. The van der Waals surface area contributed by atoms with Crippen LogP contribution in [-0.2, 0) is 9.53 Å².